The molecule has 2 aliphatic heterocycles. The molecule has 7 heteroatoms. The Morgan fingerprint density at radius 2 is 1.79 bits per heavy atom. The summed E-state index contributed by atoms with van der Waals surface area (Å²) >= 11 is 0. The summed E-state index contributed by atoms with van der Waals surface area (Å²) in [5, 5.41) is 3.15. The Hall–Kier alpha value is -3.09. The van der Waals surface area contributed by atoms with Crippen molar-refractivity contribution in [1.29, 1.82) is 0 Å². The SMILES string of the molecule is CC(C)Cn1c2c(c(=O)[nH]c1=O)[C@H](c1ccc(C(C)C)cc1)C1=C(COC1=O)N2. The van der Waals surface area contributed by atoms with E-state index in [1.54, 1.807) is 4.57 Å². The van der Waals surface area contributed by atoms with Gasteiger partial charge in [-0.3, -0.25) is 14.3 Å². The first-order valence-electron chi connectivity index (χ1n) is 9.92. The Kier molecular flexibility index (Phi) is 4.68. The number of cyclic esters (lactones) is 1. The van der Waals surface area contributed by atoms with E-state index < -0.39 is 23.1 Å². The Morgan fingerprint density at radius 1 is 1.10 bits per heavy atom. The molecule has 152 valence electrons. The average molecular weight is 395 g/mol. The van der Waals surface area contributed by atoms with Crippen LogP contribution in [-0.4, -0.2) is 22.1 Å². The van der Waals surface area contributed by atoms with Crippen LogP contribution in [0, 0.1) is 5.92 Å². The van der Waals surface area contributed by atoms with Gasteiger partial charge in [0.25, 0.3) is 5.56 Å². The van der Waals surface area contributed by atoms with Gasteiger partial charge in [0, 0.05) is 6.54 Å². The van der Waals surface area contributed by atoms with Crippen molar-refractivity contribution in [1.82, 2.24) is 9.55 Å². The molecule has 0 spiro atoms. The fraction of sp³-hybridized carbons (Fsp3) is 0.409. The summed E-state index contributed by atoms with van der Waals surface area (Å²) in [5.41, 5.74) is 2.48. The first-order chi connectivity index (χ1) is 13.8. The molecule has 4 rings (SSSR count). The fourth-order valence-electron chi connectivity index (χ4n) is 4.03. The largest absolute Gasteiger partial charge is 0.456 e. The third-order valence-corrected chi connectivity index (χ3v) is 5.46. The summed E-state index contributed by atoms with van der Waals surface area (Å²) in [7, 11) is 0. The van der Waals surface area contributed by atoms with Gasteiger partial charge in [-0.15, -0.1) is 0 Å². The van der Waals surface area contributed by atoms with Crippen molar-refractivity contribution in [3.8, 4) is 0 Å². The number of rotatable bonds is 4. The smallest absolute Gasteiger partial charge is 0.337 e. The molecule has 3 heterocycles. The normalized spacial score (nSPS) is 18.0. The van der Waals surface area contributed by atoms with Crippen LogP contribution < -0.4 is 16.6 Å². The minimum absolute atomic E-state index is 0.108. The number of H-pyrrole nitrogens is 1. The quantitative estimate of drug-likeness (QED) is 0.777. The van der Waals surface area contributed by atoms with E-state index in [0.29, 0.717) is 35.1 Å². The lowest BCUT2D eigenvalue weighted by molar-refractivity contribution is -0.136. The third-order valence-electron chi connectivity index (χ3n) is 5.46. The molecule has 0 fully saturated rings. The second kappa shape index (κ2) is 7.06. The molecule has 0 unspecified atom stereocenters. The molecule has 0 amide bonds. The van der Waals surface area contributed by atoms with E-state index in [4.69, 9.17) is 4.74 Å². The van der Waals surface area contributed by atoms with Gasteiger partial charge in [-0.25, -0.2) is 9.59 Å². The van der Waals surface area contributed by atoms with Gasteiger partial charge in [0.05, 0.1) is 22.8 Å². The molecule has 2 aliphatic rings. The van der Waals surface area contributed by atoms with Crippen molar-refractivity contribution in [2.45, 2.75) is 46.1 Å². The number of hydrogen-bond donors (Lipinski definition) is 2. The van der Waals surface area contributed by atoms with Gasteiger partial charge in [-0.05, 0) is 23.0 Å². The maximum absolute atomic E-state index is 12.9. The van der Waals surface area contributed by atoms with E-state index in [2.05, 4.69) is 24.1 Å². The van der Waals surface area contributed by atoms with Crippen molar-refractivity contribution in [2.75, 3.05) is 11.9 Å². The van der Waals surface area contributed by atoms with E-state index in [-0.39, 0.29) is 12.5 Å². The van der Waals surface area contributed by atoms with Gasteiger partial charge in [0.2, 0.25) is 0 Å². The molecule has 0 bridgehead atoms. The minimum Gasteiger partial charge on any atom is -0.456 e. The zero-order valence-corrected chi connectivity index (χ0v) is 17.0. The number of benzene rings is 1. The number of fused-ring (bicyclic) bond motifs is 1. The molecular formula is C22H25N3O4. The minimum atomic E-state index is -0.583. The van der Waals surface area contributed by atoms with E-state index >= 15 is 0 Å². The van der Waals surface area contributed by atoms with Gasteiger partial charge in [0.15, 0.2) is 0 Å². The molecule has 7 nitrogen and oxygen atoms in total. The Labute approximate surface area is 168 Å². The Morgan fingerprint density at radius 3 is 2.41 bits per heavy atom. The highest BCUT2D eigenvalue weighted by Gasteiger charge is 2.41. The molecule has 29 heavy (non-hydrogen) atoms. The Balaban J connectivity index is 1.96. The average Bonchev–Trinajstić information content (AvgIpc) is 3.04. The van der Waals surface area contributed by atoms with Gasteiger partial charge < -0.3 is 10.1 Å². The summed E-state index contributed by atoms with van der Waals surface area (Å²) in [6, 6.07) is 7.92. The molecule has 2 N–H and O–H groups in total. The van der Waals surface area contributed by atoms with Crippen molar-refractivity contribution < 1.29 is 9.53 Å². The molecule has 1 aromatic carbocycles. The molecule has 0 aliphatic carbocycles. The highest BCUT2D eigenvalue weighted by Crippen LogP contribution is 2.42. The zero-order chi connectivity index (χ0) is 20.9. The predicted molar refractivity (Wildman–Crippen MR) is 110 cm³/mol. The van der Waals surface area contributed by atoms with Crippen molar-refractivity contribution >= 4 is 11.8 Å². The zero-order valence-electron chi connectivity index (χ0n) is 17.0. The van der Waals surface area contributed by atoms with Crippen LogP contribution in [0.1, 0.15) is 56.2 Å². The molecule has 0 radical (unpaired) electrons. The standard InChI is InChI=1S/C22H25N3O4/c1-11(2)9-25-19-18(20(26)24-22(25)28)16(17-15(23-19)10-29-21(17)27)14-7-5-13(6-8-14)12(3)4/h5-8,11-12,16,23H,9-10H2,1-4H3,(H,24,26,28)/t16-/m1/s1. The van der Waals surface area contributed by atoms with E-state index in [9.17, 15) is 14.4 Å². The van der Waals surface area contributed by atoms with Crippen LogP contribution in [0.3, 0.4) is 0 Å². The Bertz CT molecular complexity index is 1120. The number of hydrogen-bond acceptors (Lipinski definition) is 5. The van der Waals surface area contributed by atoms with Crippen LogP contribution in [0.5, 0.6) is 0 Å². The van der Waals surface area contributed by atoms with Crippen molar-refractivity contribution in [3.63, 3.8) is 0 Å². The number of aromatic nitrogens is 2. The fourth-order valence-corrected chi connectivity index (χ4v) is 4.03. The summed E-state index contributed by atoms with van der Waals surface area (Å²) in [4.78, 5) is 40.4. The first kappa shape index (κ1) is 19.2. The van der Waals surface area contributed by atoms with Crippen LogP contribution in [-0.2, 0) is 16.1 Å². The third kappa shape index (κ3) is 3.20. The summed E-state index contributed by atoms with van der Waals surface area (Å²) in [5.74, 6) is 0.0000699. The van der Waals surface area contributed by atoms with Crippen LogP contribution in [0.25, 0.3) is 0 Å². The molecular weight excluding hydrogens is 370 g/mol. The van der Waals surface area contributed by atoms with Gasteiger partial charge in [0.1, 0.15) is 12.4 Å². The highest BCUT2D eigenvalue weighted by atomic mass is 16.5. The number of esters is 1. The van der Waals surface area contributed by atoms with Gasteiger partial charge in [-0.2, -0.15) is 0 Å². The molecule has 1 atom stereocenters. The summed E-state index contributed by atoms with van der Waals surface area (Å²) in [6.07, 6.45) is 0. The number of carbonyl (C=O) groups is 1. The number of carbonyl (C=O) groups excluding carboxylic acids is 1. The molecule has 0 saturated carbocycles. The maximum atomic E-state index is 12.9. The highest BCUT2D eigenvalue weighted by molar-refractivity contribution is 5.96. The lowest BCUT2D eigenvalue weighted by Crippen LogP contribution is -2.39. The monoisotopic (exact) mass is 395 g/mol. The van der Waals surface area contributed by atoms with Gasteiger partial charge >= 0.3 is 11.7 Å². The second-order valence-corrected chi connectivity index (χ2v) is 8.37. The van der Waals surface area contributed by atoms with E-state index in [1.165, 1.54) is 5.56 Å². The first-order valence-corrected chi connectivity index (χ1v) is 9.92. The lowest BCUT2D eigenvalue weighted by atomic mass is 9.82. The number of ether oxygens (including phenoxy) is 1. The summed E-state index contributed by atoms with van der Waals surface area (Å²) in [6.45, 7) is 8.78. The van der Waals surface area contributed by atoms with E-state index in [1.807, 2.05) is 38.1 Å². The van der Waals surface area contributed by atoms with Crippen LogP contribution in [0.2, 0.25) is 0 Å². The van der Waals surface area contributed by atoms with Crippen LogP contribution in [0.15, 0.2) is 45.1 Å². The predicted octanol–water partition coefficient (Wildman–Crippen LogP) is 2.68. The topological polar surface area (TPSA) is 93.2 Å². The second-order valence-electron chi connectivity index (χ2n) is 8.37. The maximum Gasteiger partial charge on any atom is 0.337 e. The molecule has 1 aromatic heterocycles. The van der Waals surface area contributed by atoms with Gasteiger partial charge in [-0.1, -0.05) is 52.0 Å². The number of nitrogens with one attached hydrogen (secondary N) is 2. The van der Waals surface area contributed by atoms with E-state index in [0.717, 1.165) is 5.56 Å². The molecule has 0 saturated heterocycles. The van der Waals surface area contributed by atoms with Crippen molar-refractivity contribution in [2.24, 2.45) is 5.92 Å². The number of aromatic amines is 1. The van der Waals surface area contributed by atoms with Crippen molar-refractivity contribution in [3.05, 3.63) is 73.1 Å². The number of anilines is 1. The lowest BCUT2D eigenvalue weighted by Gasteiger charge is -2.28. The summed E-state index contributed by atoms with van der Waals surface area (Å²) < 4.78 is 6.81. The van der Waals surface area contributed by atoms with Crippen LogP contribution in [0.4, 0.5) is 5.82 Å². The van der Waals surface area contributed by atoms with Crippen LogP contribution >= 0.6 is 0 Å². The molecule has 2 aromatic rings. The number of nitrogens with zero attached hydrogens (tertiary/aromatic N) is 1.